The van der Waals surface area contributed by atoms with Crippen LogP contribution in [0, 0.1) is 5.92 Å². The van der Waals surface area contributed by atoms with E-state index in [4.69, 9.17) is 9.84 Å². The Bertz CT molecular complexity index is 518. The number of amides is 1. The van der Waals surface area contributed by atoms with Gasteiger partial charge >= 0.3 is 5.97 Å². The van der Waals surface area contributed by atoms with Gasteiger partial charge in [0.15, 0.2) is 0 Å². The number of methoxy groups -OCH3 is 1. The van der Waals surface area contributed by atoms with Crippen molar-refractivity contribution in [1.82, 2.24) is 10.6 Å². The van der Waals surface area contributed by atoms with Crippen LogP contribution in [-0.2, 0) is 16.0 Å². The maximum absolute atomic E-state index is 12.0. The second kappa shape index (κ2) is 7.08. The molecular formula is C15H20N2O4. The average Bonchev–Trinajstić information content (AvgIpc) is 2.47. The minimum Gasteiger partial charge on any atom is -0.497 e. The summed E-state index contributed by atoms with van der Waals surface area (Å²) in [5.74, 6) is -0.665. The van der Waals surface area contributed by atoms with Crippen LogP contribution in [0.25, 0.3) is 0 Å². The van der Waals surface area contributed by atoms with Crippen LogP contribution in [0.1, 0.15) is 12.0 Å². The molecule has 3 N–H and O–H groups in total. The first kappa shape index (κ1) is 15.3. The molecule has 1 aliphatic rings. The molecule has 0 saturated carbocycles. The van der Waals surface area contributed by atoms with Gasteiger partial charge in [0.05, 0.1) is 19.4 Å². The molecule has 0 aromatic heterocycles. The Morgan fingerprint density at radius 1 is 1.43 bits per heavy atom. The van der Waals surface area contributed by atoms with Gasteiger partial charge in [-0.1, -0.05) is 12.1 Å². The van der Waals surface area contributed by atoms with Crippen LogP contribution >= 0.6 is 0 Å². The van der Waals surface area contributed by atoms with E-state index >= 15 is 0 Å². The number of carbonyl (C=O) groups is 2. The molecular weight excluding hydrogens is 272 g/mol. The molecule has 21 heavy (non-hydrogen) atoms. The quantitative estimate of drug-likeness (QED) is 0.732. The molecule has 6 nitrogen and oxygen atoms in total. The average molecular weight is 292 g/mol. The van der Waals surface area contributed by atoms with E-state index in [2.05, 4.69) is 10.6 Å². The Morgan fingerprint density at radius 3 is 2.95 bits per heavy atom. The fourth-order valence-electron chi connectivity index (χ4n) is 2.49. The molecule has 1 heterocycles. The van der Waals surface area contributed by atoms with E-state index in [0.717, 1.165) is 5.56 Å². The van der Waals surface area contributed by atoms with E-state index < -0.39 is 11.9 Å². The highest BCUT2D eigenvalue weighted by Crippen LogP contribution is 2.14. The summed E-state index contributed by atoms with van der Waals surface area (Å²) in [4.78, 5) is 23.0. The summed E-state index contributed by atoms with van der Waals surface area (Å²) >= 11 is 0. The topological polar surface area (TPSA) is 87.7 Å². The van der Waals surface area contributed by atoms with Gasteiger partial charge in [-0.3, -0.25) is 9.59 Å². The molecule has 1 aromatic rings. The summed E-state index contributed by atoms with van der Waals surface area (Å²) in [6.07, 6.45) is 0.720. The SMILES string of the molecule is COc1cccc(CC(=O)N[C@H]2CNC[C@@H](C(=O)O)C2)c1. The molecule has 1 amide bonds. The predicted octanol–water partition coefficient (Wildman–Crippen LogP) is 0.417. The molecule has 1 fully saturated rings. The molecule has 0 spiro atoms. The minimum absolute atomic E-state index is 0.110. The molecule has 0 bridgehead atoms. The molecule has 1 aromatic carbocycles. The number of carboxylic acids is 1. The smallest absolute Gasteiger partial charge is 0.307 e. The first-order valence-corrected chi connectivity index (χ1v) is 6.94. The lowest BCUT2D eigenvalue weighted by Gasteiger charge is -2.28. The normalized spacial score (nSPS) is 21.6. The maximum atomic E-state index is 12.0. The number of rotatable bonds is 5. The van der Waals surface area contributed by atoms with Gasteiger partial charge in [-0.2, -0.15) is 0 Å². The highest BCUT2D eigenvalue weighted by atomic mass is 16.5. The first-order valence-electron chi connectivity index (χ1n) is 6.94. The Morgan fingerprint density at radius 2 is 2.24 bits per heavy atom. The minimum atomic E-state index is -0.825. The van der Waals surface area contributed by atoms with Crippen LogP contribution in [-0.4, -0.2) is 43.2 Å². The lowest BCUT2D eigenvalue weighted by atomic mass is 9.95. The van der Waals surface area contributed by atoms with Gasteiger partial charge in [0.1, 0.15) is 5.75 Å². The van der Waals surface area contributed by atoms with E-state index in [1.807, 2.05) is 24.3 Å². The largest absolute Gasteiger partial charge is 0.497 e. The third-order valence-corrected chi connectivity index (χ3v) is 3.56. The van der Waals surface area contributed by atoms with E-state index in [1.165, 1.54) is 0 Å². The summed E-state index contributed by atoms with van der Waals surface area (Å²) in [6.45, 7) is 1.06. The lowest BCUT2D eigenvalue weighted by molar-refractivity contribution is -0.142. The van der Waals surface area contributed by atoms with Gasteiger partial charge in [-0.05, 0) is 24.1 Å². The molecule has 0 aliphatic carbocycles. The van der Waals surface area contributed by atoms with Crippen molar-refractivity contribution in [3.63, 3.8) is 0 Å². The van der Waals surface area contributed by atoms with Crippen LogP contribution in [0.15, 0.2) is 24.3 Å². The van der Waals surface area contributed by atoms with E-state index in [9.17, 15) is 9.59 Å². The third kappa shape index (κ3) is 4.46. The van der Waals surface area contributed by atoms with Crippen molar-refractivity contribution in [2.24, 2.45) is 5.92 Å². The van der Waals surface area contributed by atoms with Gasteiger partial charge in [0.25, 0.3) is 0 Å². The zero-order valence-corrected chi connectivity index (χ0v) is 12.0. The molecule has 0 unspecified atom stereocenters. The Hall–Kier alpha value is -2.08. The number of ether oxygens (including phenoxy) is 1. The predicted molar refractivity (Wildman–Crippen MR) is 77.2 cm³/mol. The lowest BCUT2D eigenvalue weighted by Crippen LogP contribution is -2.50. The molecule has 2 atom stereocenters. The van der Waals surface area contributed by atoms with Crippen LogP contribution < -0.4 is 15.4 Å². The van der Waals surface area contributed by atoms with E-state index in [-0.39, 0.29) is 18.4 Å². The van der Waals surface area contributed by atoms with Crippen molar-refractivity contribution < 1.29 is 19.4 Å². The number of benzene rings is 1. The fourth-order valence-corrected chi connectivity index (χ4v) is 2.49. The Kier molecular flexibility index (Phi) is 5.16. The summed E-state index contributed by atoms with van der Waals surface area (Å²) in [6, 6.07) is 7.20. The molecule has 2 rings (SSSR count). The van der Waals surface area contributed by atoms with Crippen molar-refractivity contribution in [3.05, 3.63) is 29.8 Å². The second-order valence-corrected chi connectivity index (χ2v) is 5.22. The van der Waals surface area contributed by atoms with E-state index in [0.29, 0.717) is 25.3 Å². The molecule has 1 aliphatic heterocycles. The first-order chi connectivity index (χ1) is 10.1. The van der Waals surface area contributed by atoms with Crippen LogP contribution in [0.5, 0.6) is 5.75 Å². The Balaban J connectivity index is 1.87. The number of carboxylic acid groups (broad SMARTS) is 1. The number of piperidine rings is 1. The summed E-state index contributed by atoms with van der Waals surface area (Å²) in [5.41, 5.74) is 0.866. The fraction of sp³-hybridized carbons (Fsp3) is 0.467. The number of hydrogen-bond acceptors (Lipinski definition) is 4. The van der Waals surface area contributed by atoms with Crippen molar-refractivity contribution in [1.29, 1.82) is 0 Å². The third-order valence-electron chi connectivity index (χ3n) is 3.56. The van der Waals surface area contributed by atoms with Crippen molar-refractivity contribution in [3.8, 4) is 5.75 Å². The molecule has 0 radical (unpaired) electrons. The number of aliphatic carboxylic acids is 1. The van der Waals surface area contributed by atoms with Crippen LogP contribution in [0.4, 0.5) is 0 Å². The van der Waals surface area contributed by atoms with E-state index in [1.54, 1.807) is 7.11 Å². The zero-order chi connectivity index (χ0) is 15.2. The summed E-state index contributed by atoms with van der Waals surface area (Å²) < 4.78 is 5.12. The van der Waals surface area contributed by atoms with Gasteiger partial charge in [-0.25, -0.2) is 0 Å². The van der Waals surface area contributed by atoms with Crippen molar-refractivity contribution in [2.75, 3.05) is 20.2 Å². The highest BCUT2D eigenvalue weighted by Gasteiger charge is 2.27. The number of hydrogen-bond donors (Lipinski definition) is 3. The standard InChI is InChI=1S/C15H20N2O4/c1-21-13-4-2-3-10(5-13)6-14(18)17-12-7-11(15(19)20)8-16-9-12/h2-5,11-12,16H,6-9H2,1H3,(H,17,18)(H,19,20)/t11-,12+/m0/s1. The van der Waals surface area contributed by atoms with Crippen LogP contribution in [0.2, 0.25) is 0 Å². The number of nitrogens with one attached hydrogen (secondary N) is 2. The monoisotopic (exact) mass is 292 g/mol. The highest BCUT2D eigenvalue weighted by molar-refractivity contribution is 5.79. The van der Waals surface area contributed by atoms with Gasteiger partial charge in [0.2, 0.25) is 5.91 Å². The van der Waals surface area contributed by atoms with Crippen LogP contribution in [0.3, 0.4) is 0 Å². The molecule has 1 saturated heterocycles. The van der Waals surface area contributed by atoms with Crippen molar-refractivity contribution in [2.45, 2.75) is 18.9 Å². The number of carbonyl (C=O) groups excluding carboxylic acids is 1. The maximum Gasteiger partial charge on any atom is 0.307 e. The summed E-state index contributed by atoms with van der Waals surface area (Å²) in [5, 5.41) is 14.9. The van der Waals surface area contributed by atoms with Crippen molar-refractivity contribution >= 4 is 11.9 Å². The van der Waals surface area contributed by atoms with Gasteiger partial charge < -0.3 is 20.5 Å². The summed E-state index contributed by atoms with van der Waals surface area (Å²) in [7, 11) is 1.58. The Labute approximate surface area is 123 Å². The second-order valence-electron chi connectivity index (χ2n) is 5.22. The molecule has 114 valence electrons. The van der Waals surface area contributed by atoms with Gasteiger partial charge in [0, 0.05) is 19.1 Å². The molecule has 6 heteroatoms. The van der Waals surface area contributed by atoms with Gasteiger partial charge in [-0.15, -0.1) is 0 Å². The zero-order valence-electron chi connectivity index (χ0n) is 12.0.